The molecule has 0 unspecified atom stereocenters. The minimum Gasteiger partial charge on any atom is -0.325 e. The lowest BCUT2D eigenvalue weighted by Gasteiger charge is -2.15. The molecule has 0 spiro atoms. The maximum atomic E-state index is 11.8. The quantitative estimate of drug-likeness (QED) is 0.876. The minimum absolute atomic E-state index is 0.123. The number of rotatable bonds is 3. The number of benzene rings is 1. The zero-order valence-electron chi connectivity index (χ0n) is 9.81. The Morgan fingerprint density at radius 1 is 1.47 bits per heavy atom. The molecule has 4 nitrogen and oxygen atoms in total. The van der Waals surface area contributed by atoms with Gasteiger partial charge in [-0.3, -0.25) is 4.79 Å². The van der Waals surface area contributed by atoms with Crippen LogP contribution in [0.3, 0.4) is 0 Å². The number of aromatic nitrogens is 1. The smallest absolute Gasteiger partial charge is 0.241 e. The molecule has 1 aromatic carbocycles. The van der Waals surface area contributed by atoms with Gasteiger partial charge in [-0.25, -0.2) is 4.98 Å². The van der Waals surface area contributed by atoms with Gasteiger partial charge in [0, 0.05) is 5.69 Å². The second-order valence-electron chi connectivity index (χ2n) is 4.29. The van der Waals surface area contributed by atoms with E-state index in [9.17, 15) is 4.79 Å². The molecule has 17 heavy (non-hydrogen) atoms. The molecule has 0 aliphatic rings. The summed E-state index contributed by atoms with van der Waals surface area (Å²) in [7, 11) is 0. The summed E-state index contributed by atoms with van der Waals surface area (Å²) in [5.74, 6) is -0.0346. The van der Waals surface area contributed by atoms with Crippen LogP contribution in [-0.4, -0.2) is 16.9 Å². The standard InChI is InChI=1S/C12H15N3OS/c1-7(2)11(13)12(16)15-8-3-4-10-9(5-8)14-6-17-10/h3-7,11H,13H2,1-2H3,(H,15,16)/t11-/m0/s1. The Hall–Kier alpha value is -1.46. The van der Waals surface area contributed by atoms with Crippen LogP contribution in [-0.2, 0) is 4.79 Å². The number of thiazole rings is 1. The van der Waals surface area contributed by atoms with Gasteiger partial charge in [0.15, 0.2) is 0 Å². The predicted molar refractivity (Wildman–Crippen MR) is 71.1 cm³/mol. The Kier molecular flexibility index (Phi) is 3.40. The molecule has 0 bridgehead atoms. The predicted octanol–water partition coefficient (Wildman–Crippen LogP) is 2.22. The second kappa shape index (κ2) is 4.81. The van der Waals surface area contributed by atoms with E-state index in [1.165, 1.54) is 0 Å². The van der Waals surface area contributed by atoms with Gasteiger partial charge in [0.1, 0.15) is 0 Å². The summed E-state index contributed by atoms with van der Waals surface area (Å²) in [5.41, 5.74) is 9.20. The molecule has 0 fully saturated rings. The highest BCUT2D eigenvalue weighted by molar-refractivity contribution is 7.16. The normalized spacial score (nSPS) is 12.9. The highest BCUT2D eigenvalue weighted by Crippen LogP contribution is 2.21. The third-order valence-corrected chi connectivity index (χ3v) is 3.43. The van der Waals surface area contributed by atoms with Crippen molar-refractivity contribution in [3.8, 4) is 0 Å². The van der Waals surface area contributed by atoms with Crippen LogP contribution in [0.25, 0.3) is 10.2 Å². The number of anilines is 1. The van der Waals surface area contributed by atoms with Gasteiger partial charge in [0.2, 0.25) is 5.91 Å². The number of nitrogens with two attached hydrogens (primary N) is 1. The number of nitrogens with zero attached hydrogens (tertiary/aromatic N) is 1. The minimum atomic E-state index is -0.485. The van der Waals surface area contributed by atoms with E-state index in [4.69, 9.17) is 5.73 Å². The topological polar surface area (TPSA) is 68.0 Å². The Labute approximate surface area is 104 Å². The van der Waals surface area contributed by atoms with Gasteiger partial charge in [0.25, 0.3) is 0 Å². The molecule has 1 aromatic heterocycles. The fourth-order valence-corrected chi connectivity index (χ4v) is 2.12. The molecule has 0 aliphatic carbocycles. The summed E-state index contributed by atoms with van der Waals surface area (Å²) in [6, 6.07) is 5.19. The summed E-state index contributed by atoms with van der Waals surface area (Å²) >= 11 is 1.58. The van der Waals surface area contributed by atoms with Crippen molar-refractivity contribution in [1.82, 2.24) is 4.98 Å². The molecular weight excluding hydrogens is 234 g/mol. The molecule has 2 rings (SSSR count). The van der Waals surface area contributed by atoms with Crippen LogP contribution in [0.2, 0.25) is 0 Å². The highest BCUT2D eigenvalue weighted by atomic mass is 32.1. The number of carbonyl (C=O) groups is 1. The number of hydrogen-bond acceptors (Lipinski definition) is 4. The molecule has 5 heteroatoms. The van der Waals surface area contributed by atoms with Crippen molar-refractivity contribution in [2.75, 3.05) is 5.32 Å². The van der Waals surface area contributed by atoms with Gasteiger partial charge in [-0.1, -0.05) is 13.8 Å². The lowest BCUT2D eigenvalue weighted by molar-refractivity contribution is -0.118. The van der Waals surface area contributed by atoms with E-state index in [0.29, 0.717) is 0 Å². The average Bonchev–Trinajstić information content (AvgIpc) is 2.74. The first-order valence-electron chi connectivity index (χ1n) is 5.47. The van der Waals surface area contributed by atoms with Gasteiger partial charge < -0.3 is 11.1 Å². The summed E-state index contributed by atoms with van der Waals surface area (Å²) < 4.78 is 1.11. The van der Waals surface area contributed by atoms with Crippen molar-refractivity contribution in [2.45, 2.75) is 19.9 Å². The van der Waals surface area contributed by atoms with E-state index >= 15 is 0 Å². The molecule has 90 valence electrons. The first-order chi connectivity index (χ1) is 8.08. The summed E-state index contributed by atoms with van der Waals surface area (Å²) in [5, 5.41) is 2.81. The molecule has 0 saturated carbocycles. The molecule has 0 radical (unpaired) electrons. The Bertz CT molecular complexity index is 535. The lowest BCUT2D eigenvalue weighted by atomic mass is 10.0. The molecule has 1 amide bonds. The maximum absolute atomic E-state index is 11.8. The van der Waals surface area contributed by atoms with Crippen molar-refractivity contribution in [1.29, 1.82) is 0 Å². The molecule has 1 atom stereocenters. The lowest BCUT2D eigenvalue weighted by Crippen LogP contribution is -2.39. The third kappa shape index (κ3) is 2.62. The fraction of sp³-hybridized carbons (Fsp3) is 0.333. The van der Waals surface area contributed by atoms with Gasteiger partial charge in [0.05, 0.1) is 21.8 Å². The third-order valence-electron chi connectivity index (χ3n) is 2.62. The van der Waals surface area contributed by atoms with Crippen molar-refractivity contribution in [3.05, 3.63) is 23.7 Å². The highest BCUT2D eigenvalue weighted by Gasteiger charge is 2.17. The largest absolute Gasteiger partial charge is 0.325 e. The van der Waals surface area contributed by atoms with Gasteiger partial charge >= 0.3 is 0 Å². The number of hydrogen-bond donors (Lipinski definition) is 2. The van der Waals surface area contributed by atoms with Crippen molar-refractivity contribution in [3.63, 3.8) is 0 Å². The van der Waals surface area contributed by atoms with Gasteiger partial charge in [-0.15, -0.1) is 11.3 Å². The zero-order chi connectivity index (χ0) is 12.4. The summed E-state index contributed by atoms with van der Waals surface area (Å²) in [4.78, 5) is 16.0. The first kappa shape index (κ1) is 12.0. The zero-order valence-corrected chi connectivity index (χ0v) is 10.6. The molecular formula is C12H15N3OS. The van der Waals surface area contributed by atoms with Crippen LogP contribution in [0, 0.1) is 5.92 Å². The maximum Gasteiger partial charge on any atom is 0.241 e. The fourth-order valence-electron chi connectivity index (χ4n) is 1.46. The van der Waals surface area contributed by atoms with Crippen molar-refractivity contribution >= 4 is 33.1 Å². The number of carbonyl (C=O) groups excluding carboxylic acids is 1. The van der Waals surface area contributed by atoms with Crippen molar-refractivity contribution < 1.29 is 4.79 Å². The van der Waals surface area contributed by atoms with E-state index in [0.717, 1.165) is 15.9 Å². The monoisotopic (exact) mass is 249 g/mol. The van der Waals surface area contributed by atoms with Crippen LogP contribution in [0.15, 0.2) is 23.7 Å². The Morgan fingerprint density at radius 2 is 2.24 bits per heavy atom. The van der Waals surface area contributed by atoms with E-state index < -0.39 is 6.04 Å². The van der Waals surface area contributed by atoms with Crippen molar-refractivity contribution in [2.24, 2.45) is 11.7 Å². The molecule has 3 N–H and O–H groups in total. The van der Waals surface area contributed by atoms with Gasteiger partial charge in [-0.2, -0.15) is 0 Å². The van der Waals surface area contributed by atoms with Gasteiger partial charge in [-0.05, 0) is 24.1 Å². The summed E-state index contributed by atoms with van der Waals surface area (Å²) in [6.45, 7) is 3.85. The molecule has 1 heterocycles. The Morgan fingerprint density at radius 3 is 2.94 bits per heavy atom. The second-order valence-corrected chi connectivity index (χ2v) is 5.18. The SMILES string of the molecule is CC(C)[C@H](N)C(=O)Nc1ccc2scnc2c1. The Balaban J connectivity index is 2.15. The van der Waals surface area contributed by atoms with E-state index in [1.807, 2.05) is 32.0 Å². The number of fused-ring (bicyclic) bond motifs is 1. The first-order valence-corrected chi connectivity index (χ1v) is 6.35. The van der Waals surface area contributed by atoms with Crippen LogP contribution < -0.4 is 11.1 Å². The van der Waals surface area contributed by atoms with E-state index in [1.54, 1.807) is 16.8 Å². The van der Waals surface area contributed by atoms with E-state index in [2.05, 4.69) is 10.3 Å². The summed E-state index contributed by atoms with van der Waals surface area (Å²) in [6.07, 6.45) is 0. The average molecular weight is 249 g/mol. The molecule has 2 aromatic rings. The van der Waals surface area contributed by atoms with E-state index in [-0.39, 0.29) is 11.8 Å². The molecule has 0 aliphatic heterocycles. The van der Waals surface area contributed by atoms with Crippen LogP contribution in [0.4, 0.5) is 5.69 Å². The van der Waals surface area contributed by atoms with Crippen LogP contribution in [0.5, 0.6) is 0 Å². The molecule has 0 saturated heterocycles. The number of amides is 1. The van der Waals surface area contributed by atoms with Crippen LogP contribution in [0.1, 0.15) is 13.8 Å². The van der Waals surface area contributed by atoms with Crippen LogP contribution >= 0.6 is 11.3 Å². The number of nitrogens with one attached hydrogen (secondary N) is 1.